The zero-order valence-electron chi connectivity index (χ0n) is 15.7. The van der Waals surface area contributed by atoms with E-state index in [9.17, 15) is 4.79 Å². The fraction of sp³-hybridized carbons (Fsp3) is 0.381. The summed E-state index contributed by atoms with van der Waals surface area (Å²) < 4.78 is 10.5. The van der Waals surface area contributed by atoms with Gasteiger partial charge in [0.25, 0.3) is 5.91 Å². The predicted octanol–water partition coefficient (Wildman–Crippen LogP) is 1.55. The Bertz CT molecular complexity index is 750. The molecule has 1 fully saturated rings. The largest absolute Gasteiger partial charge is 0.497 e. The van der Waals surface area contributed by atoms with Crippen molar-refractivity contribution in [3.8, 4) is 11.5 Å². The highest BCUT2D eigenvalue weighted by atomic mass is 16.5. The lowest BCUT2D eigenvalue weighted by Gasteiger charge is -2.32. The predicted molar refractivity (Wildman–Crippen MR) is 101 cm³/mol. The van der Waals surface area contributed by atoms with Gasteiger partial charge in [0, 0.05) is 11.1 Å². The maximum Gasteiger partial charge on any atom is 0.254 e. The van der Waals surface area contributed by atoms with E-state index in [1.165, 1.54) is 10.5 Å². The van der Waals surface area contributed by atoms with Crippen molar-refractivity contribution in [2.45, 2.75) is 13.5 Å². The van der Waals surface area contributed by atoms with Crippen LogP contribution in [0.4, 0.5) is 0 Å². The van der Waals surface area contributed by atoms with E-state index in [0.29, 0.717) is 5.56 Å². The van der Waals surface area contributed by atoms with Crippen molar-refractivity contribution in [3.63, 3.8) is 0 Å². The van der Waals surface area contributed by atoms with Gasteiger partial charge in [0.05, 0.1) is 40.4 Å². The van der Waals surface area contributed by atoms with Gasteiger partial charge in [-0.2, -0.15) is 0 Å². The molecule has 0 saturated carbocycles. The Morgan fingerprint density at radius 1 is 1.04 bits per heavy atom. The zero-order chi connectivity index (χ0) is 18.5. The van der Waals surface area contributed by atoms with Gasteiger partial charge in [0.2, 0.25) is 0 Å². The lowest BCUT2D eigenvalue weighted by atomic mass is 10.1. The molecule has 2 aromatic rings. The summed E-state index contributed by atoms with van der Waals surface area (Å²) in [5.74, 6) is 1.74. The highest BCUT2D eigenvalue weighted by Crippen LogP contribution is 2.20. The Hall–Kier alpha value is -2.53. The summed E-state index contributed by atoms with van der Waals surface area (Å²) in [6.07, 6.45) is 0. The number of piperazine rings is 1. The van der Waals surface area contributed by atoms with Crippen molar-refractivity contribution in [3.05, 3.63) is 59.2 Å². The number of rotatable bonds is 5. The van der Waals surface area contributed by atoms with Crippen LogP contribution in [0.5, 0.6) is 11.5 Å². The number of ether oxygens (including phenoxy) is 2. The van der Waals surface area contributed by atoms with Crippen LogP contribution in [0.15, 0.2) is 42.5 Å². The van der Waals surface area contributed by atoms with Gasteiger partial charge in [-0.25, -0.2) is 0 Å². The van der Waals surface area contributed by atoms with Crippen molar-refractivity contribution in [2.75, 3.05) is 40.4 Å². The van der Waals surface area contributed by atoms with Gasteiger partial charge in [-0.3, -0.25) is 4.79 Å². The fourth-order valence-corrected chi connectivity index (χ4v) is 3.37. The third-order valence-electron chi connectivity index (χ3n) is 5.03. The zero-order valence-corrected chi connectivity index (χ0v) is 15.7. The number of nitrogens with one attached hydrogen (secondary N) is 1. The van der Waals surface area contributed by atoms with Gasteiger partial charge in [0.15, 0.2) is 0 Å². The van der Waals surface area contributed by atoms with Gasteiger partial charge in [-0.05, 0) is 48.9 Å². The normalized spacial score (nSPS) is 15.0. The van der Waals surface area contributed by atoms with Gasteiger partial charge in [0.1, 0.15) is 18.0 Å². The Kier molecular flexibility index (Phi) is 5.78. The second-order valence-electron chi connectivity index (χ2n) is 6.75. The minimum Gasteiger partial charge on any atom is -0.497 e. The average Bonchev–Trinajstić information content (AvgIpc) is 2.69. The number of hydrogen-bond acceptors (Lipinski definition) is 3. The topological polar surface area (TPSA) is 43.2 Å². The molecule has 0 spiro atoms. The van der Waals surface area contributed by atoms with Crippen molar-refractivity contribution in [1.82, 2.24) is 4.90 Å². The summed E-state index contributed by atoms with van der Waals surface area (Å²) in [5.41, 5.74) is 3.03. The molecule has 1 saturated heterocycles. The lowest BCUT2D eigenvalue weighted by Crippen LogP contribution is -3.13. The minimum atomic E-state index is 0.0896. The van der Waals surface area contributed by atoms with E-state index in [2.05, 4.69) is 12.1 Å². The fourth-order valence-electron chi connectivity index (χ4n) is 3.37. The smallest absolute Gasteiger partial charge is 0.254 e. The number of methoxy groups -OCH3 is 2. The summed E-state index contributed by atoms with van der Waals surface area (Å²) in [7, 11) is 3.32. The number of benzene rings is 2. The number of quaternary nitrogens is 1. The van der Waals surface area contributed by atoms with E-state index in [0.717, 1.165) is 49.8 Å². The van der Waals surface area contributed by atoms with Crippen LogP contribution in [0.25, 0.3) is 0 Å². The van der Waals surface area contributed by atoms with Crippen LogP contribution in [0.2, 0.25) is 0 Å². The molecule has 0 aromatic heterocycles. The molecule has 1 aliphatic rings. The van der Waals surface area contributed by atoms with Crippen molar-refractivity contribution in [1.29, 1.82) is 0 Å². The van der Waals surface area contributed by atoms with Gasteiger partial charge in [-0.1, -0.05) is 6.07 Å². The molecule has 5 nitrogen and oxygen atoms in total. The SMILES string of the molecule is COc1ccc(C[NH+]2CCN(C(=O)c3ccc(C)c(OC)c3)CC2)cc1. The van der Waals surface area contributed by atoms with Crippen LogP contribution in [-0.4, -0.2) is 51.2 Å². The van der Waals surface area contributed by atoms with Crippen LogP contribution in [0.1, 0.15) is 21.5 Å². The van der Waals surface area contributed by atoms with E-state index in [1.54, 1.807) is 14.2 Å². The molecule has 1 amide bonds. The van der Waals surface area contributed by atoms with E-state index >= 15 is 0 Å². The first kappa shape index (κ1) is 18.3. The minimum absolute atomic E-state index is 0.0896. The van der Waals surface area contributed by atoms with E-state index in [-0.39, 0.29) is 5.91 Å². The Labute approximate surface area is 155 Å². The molecular weight excluding hydrogens is 328 g/mol. The van der Waals surface area contributed by atoms with Gasteiger partial charge >= 0.3 is 0 Å². The van der Waals surface area contributed by atoms with Crippen molar-refractivity contribution in [2.24, 2.45) is 0 Å². The highest BCUT2D eigenvalue weighted by molar-refractivity contribution is 5.94. The Balaban J connectivity index is 1.56. The van der Waals surface area contributed by atoms with Crippen LogP contribution < -0.4 is 14.4 Å². The molecule has 5 heteroatoms. The Morgan fingerprint density at radius 2 is 1.73 bits per heavy atom. The number of hydrogen-bond donors (Lipinski definition) is 1. The van der Waals surface area contributed by atoms with Crippen LogP contribution >= 0.6 is 0 Å². The first-order valence-corrected chi connectivity index (χ1v) is 9.01. The number of aryl methyl sites for hydroxylation is 1. The Morgan fingerprint density at radius 3 is 2.35 bits per heavy atom. The average molecular weight is 355 g/mol. The van der Waals surface area contributed by atoms with E-state index < -0.39 is 0 Å². The van der Waals surface area contributed by atoms with Crippen LogP contribution in [0, 0.1) is 6.92 Å². The quantitative estimate of drug-likeness (QED) is 0.885. The lowest BCUT2D eigenvalue weighted by molar-refractivity contribution is -0.917. The summed E-state index contributed by atoms with van der Waals surface area (Å²) in [5, 5.41) is 0. The molecule has 1 aliphatic heterocycles. The molecule has 0 bridgehead atoms. The molecule has 2 aromatic carbocycles. The number of carbonyl (C=O) groups excluding carboxylic acids is 1. The second kappa shape index (κ2) is 8.23. The first-order chi connectivity index (χ1) is 12.6. The highest BCUT2D eigenvalue weighted by Gasteiger charge is 2.25. The van der Waals surface area contributed by atoms with E-state index in [4.69, 9.17) is 9.47 Å². The van der Waals surface area contributed by atoms with Crippen LogP contribution in [-0.2, 0) is 6.54 Å². The first-order valence-electron chi connectivity index (χ1n) is 9.01. The molecule has 0 aliphatic carbocycles. The molecule has 3 rings (SSSR count). The summed E-state index contributed by atoms with van der Waals surface area (Å²) >= 11 is 0. The van der Waals surface area contributed by atoms with Gasteiger partial charge in [-0.15, -0.1) is 0 Å². The second-order valence-corrected chi connectivity index (χ2v) is 6.75. The summed E-state index contributed by atoms with van der Waals surface area (Å²) in [4.78, 5) is 16.2. The standard InChI is InChI=1S/C21H26N2O3/c1-16-4-7-18(14-20(16)26-3)21(24)23-12-10-22(11-13-23)15-17-5-8-19(25-2)9-6-17/h4-9,14H,10-13,15H2,1-3H3/p+1. The van der Waals surface area contributed by atoms with Crippen molar-refractivity contribution >= 4 is 5.91 Å². The van der Waals surface area contributed by atoms with Gasteiger partial charge < -0.3 is 19.3 Å². The molecule has 138 valence electrons. The molecule has 0 atom stereocenters. The molecule has 1 heterocycles. The molecular formula is C21H27N2O3+. The van der Waals surface area contributed by atoms with Crippen LogP contribution in [0.3, 0.4) is 0 Å². The molecule has 26 heavy (non-hydrogen) atoms. The number of nitrogens with zero attached hydrogens (tertiary/aromatic N) is 1. The maximum atomic E-state index is 12.8. The van der Waals surface area contributed by atoms with Crippen molar-refractivity contribution < 1.29 is 19.2 Å². The molecule has 0 unspecified atom stereocenters. The molecule has 1 N–H and O–H groups in total. The summed E-state index contributed by atoms with van der Waals surface area (Å²) in [6.45, 7) is 6.43. The third-order valence-corrected chi connectivity index (χ3v) is 5.03. The third kappa shape index (κ3) is 4.17. The molecule has 0 radical (unpaired) electrons. The maximum absolute atomic E-state index is 12.8. The van der Waals surface area contributed by atoms with E-state index in [1.807, 2.05) is 42.2 Å². The number of carbonyl (C=O) groups is 1. The summed E-state index contributed by atoms with van der Waals surface area (Å²) in [6, 6.07) is 13.9. The monoisotopic (exact) mass is 355 g/mol. The number of amides is 1.